The summed E-state index contributed by atoms with van der Waals surface area (Å²) in [7, 11) is 0. The minimum absolute atomic E-state index is 0.808. The van der Waals surface area contributed by atoms with E-state index in [1.807, 2.05) is 0 Å². The number of thiocarbonyl (C=S) groups is 1. The van der Waals surface area contributed by atoms with Gasteiger partial charge in [-0.15, -0.1) is 0 Å². The van der Waals surface area contributed by atoms with Gasteiger partial charge in [0, 0.05) is 18.8 Å². The van der Waals surface area contributed by atoms with Gasteiger partial charge in [0.1, 0.15) is 0 Å². The number of hydrogen-bond donors (Lipinski definition) is 1. The summed E-state index contributed by atoms with van der Waals surface area (Å²) >= 11 is 5.39. The van der Waals surface area contributed by atoms with Gasteiger partial charge < -0.3 is 10.2 Å². The van der Waals surface area contributed by atoms with Crippen LogP contribution in [0.15, 0.2) is 18.2 Å². The topological polar surface area (TPSA) is 15.3 Å². The molecule has 1 aromatic rings. The van der Waals surface area contributed by atoms with Crippen LogP contribution in [0.5, 0.6) is 0 Å². The first-order valence-electron chi connectivity index (χ1n) is 5.72. The average Bonchev–Trinajstić information content (AvgIpc) is 2.25. The van der Waals surface area contributed by atoms with Crippen molar-refractivity contribution in [2.45, 2.75) is 27.7 Å². The molecular weight excluding hydrogens is 216 g/mol. The number of anilines is 1. The van der Waals surface area contributed by atoms with Crippen molar-refractivity contribution >= 4 is 23.0 Å². The molecule has 1 N–H and O–H groups in total. The van der Waals surface area contributed by atoms with Crippen LogP contribution in [0.2, 0.25) is 0 Å². The molecule has 0 aliphatic heterocycles. The Morgan fingerprint density at radius 3 is 2.12 bits per heavy atom. The smallest absolute Gasteiger partial charge is 0.173 e. The SMILES string of the molecule is CCN(CC)C(=S)Nc1c(C)cccc1C. The number of hydrogen-bond acceptors (Lipinski definition) is 1. The van der Waals surface area contributed by atoms with Gasteiger partial charge in [-0.2, -0.15) is 0 Å². The molecule has 1 rings (SSSR count). The van der Waals surface area contributed by atoms with Crippen LogP contribution in [-0.4, -0.2) is 23.1 Å². The molecule has 3 heteroatoms. The van der Waals surface area contributed by atoms with Crippen LogP contribution in [-0.2, 0) is 0 Å². The quantitative estimate of drug-likeness (QED) is 0.810. The van der Waals surface area contributed by atoms with Crippen LogP contribution in [0.4, 0.5) is 5.69 Å². The molecule has 0 atom stereocenters. The highest BCUT2D eigenvalue weighted by Crippen LogP contribution is 2.19. The van der Waals surface area contributed by atoms with E-state index < -0.39 is 0 Å². The van der Waals surface area contributed by atoms with Gasteiger partial charge in [0.05, 0.1) is 0 Å². The minimum Gasteiger partial charge on any atom is -0.350 e. The Kier molecular flexibility index (Phi) is 4.74. The van der Waals surface area contributed by atoms with Crippen molar-refractivity contribution in [3.05, 3.63) is 29.3 Å². The number of aryl methyl sites for hydroxylation is 2. The maximum atomic E-state index is 5.39. The summed E-state index contributed by atoms with van der Waals surface area (Å²) in [5, 5.41) is 4.15. The van der Waals surface area contributed by atoms with Gasteiger partial charge >= 0.3 is 0 Å². The highest BCUT2D eigenvalue weighted by molar-refractivity contribution is 7.80. The predicted molar refractivity (Wildman–Crippen MR) is 75.1 cm³/mol. The van der Waals surface area contributed by atoms with Crippen LogP contribution < -0.4 is 5.32 Å². The number of nitrogens with one attached hydrogen (secondary N) is 1. The third-order valence-corrected chi connectivity index (χ3v) is 3.12. The third kappa shape index (κ3) is 2.95. The molecule has 0 radical (unpaired) electrons. The Balaban J connectivity index is 2.84. The number of nitrogens with zero attached hydrogens (tertiary/aromatic N) is 1. The van der Waals surface area contributed by atoms with Gasteiger partial charge in [0.25, 0.3) is 0 Å². The molecular formula is C13H20N2S. The maximum Gasteiger partial charge on any atom is 0.173 e. The molecule has 0 aromatic heterocycles. The lowest BCUT2D eigenvalue weighted by Gasteiger charge is -2.24. The normalized spacial score (nSPS) is 10.0. The Bertz CT molecular complexity index is 350. The Hall–Kier alpha value is -1.09. The zero-order valence-electron chi connectivity index (χ0n) is 10.5. The van der Waals surface area contributed by atoms with E-state index >= 15 is 0 Å². The van der Waals surface area contributed by atoms with E-state index in [9.17, 15) is 0 Å². The van der Waals surface area contributed by atoms with Crippen LogP contribution >= 0.6 is 12.2 Å². The van der Waals surface area contributed by atoms with Gasteiger partial charge in [-0.1, -0.05) is 18.2 Å². The van der Waals surface area contributed by atoms with E-state index in [4.69, 9.17) is 12.2 Å². The minimum atomic E-state index is 0.808. The van der Waals surface area contributed by atoms with Crippen LogP contribution in [0.25, 0.3) is 0 Å². The summed E-state index contributed by atoms with van der Waals surface area (Å²) in [6.45, 7) is 10.3. The van der Waals surface area contributed by atoms with Crippen molar-refractivity contribution in [1.82, 2.24) is 4.90 Å². The summed E-state index contributed by atoms with van der Waals surface area (Å²) in [4.78, 5) is 2.14. The molecule has 0 bridgehead atoms. The van der Waals surface area contributed by atoms with Crippen molar-refractivity contribution in [1.29, 1.82) is 0 Å². The van der Waals surface area contributed by atoms with Crippen molar-refractivity contribution in [3.63, 3.8) is 0 Å². The molecule has 2 nitrogen and oxygen atoms in total. The Morgan fingerprint density at radius 2 is 1.69 bits per heavy atom. The van der Waals surface area contributed by atoms with Crippen molar-refractivity contribution in [3.8, 4) is 0 Å². The molecule has 0 aliphatic carbocycles. The van der Waals surface area contributed by atoms with Gasteiger partial charge in [-0.25, -0.2) is 0 Å². The van der Waals surface area contributed by atoms with Gasteiger partial charge in [0.2, 0.25) is 0 Å². The average molecular weight is 236 g/mol. The third-order valence-electron chi connectivity index (χ3n) is 2.76. The van der Waals surface area contributed by atoms with Crippen molar-refractivity contribution < 1.29 is 0 Å². The largest absolute Gasteiger partial charge is 0.350 e. The number of benzene rings is 1. The fourth-order valence-electron chi connectivity index (χ4n) is 1.71. The van der Waals surface area contributed by atoms with Crippen molar-refractivity contribution in [2.24, 2.45) is 0 Å². The molecule has 0 saturated carbocycles. The fraction of sp³-hybridized carbons (Fsp3) is 0.462. The Morgan fingerprint density at radius 1 is 1.19 bits per heavy atom. The summed E-state index contributed by atoms with van der Waals surface area (Å²) in [6.07, 6.45) is 0. The molecule has 0 aliphatic rings. The van der Waals surface area contributed by atoms with Gasteiger partial charge in [-0.3, -0.25) is 0 Å². The summed E-state index contributed by atoms with van der Waals surface area (Å²) in [5.74, 6) is 0. The molecule has 0 amide bonds. The van der Waals surface area contributed by atoms with Crippen LogP contribution in [0.1, 0.15) is 25.0 Å². The summed E-state index contributed by atoms with van der Waals surface area (Å²) < 4.78 is 0. The van der Waals surface area contributed by atoms with E-state index in [2.05, 4.69) is 56.1 Å². The second-order valence-electron chi connectivity index (χ2n) is 3.87. The van der Waals surface area contributed by atoms with Gasteiger partial charge in [0.15, 0.2) is 5.11 Å². The predicted octanol–water partition coefficient (Wildman–Crippen LogP) is 3.34. The summed E-state index contributed by atoms with van der Waals surface area (Å²) in [5.41, 5.74) is 3.60. The lowest BCUT2D eigenvalue weighted by molar-refractivity contribution is 0.473. The maximum absolute atomic E-state index is 5.39. The molecule has 0 fully saturated rings. The standard InChI is InChI=1S/C13H20N2S/c1-5-15(6-2)13(16)14-12-10(3)8-7-9-11(12)4/h7-9H,5-6H2,1-4H3,(H,14,16). The lowest BCUT2D eigenvalue weighted by atomic mass is 10.1. The van der Waals surface area contributed by atoms with E-state index in [1.165, 1.54) is 11.1 Å². The second-order valence-corrected chi connectivity index (χ2v) is 4.26. The number of rotatable bonds is 3. The molecule has 0 heterocycles. The molecule has 0 saturated heterocycles. The zero-order valence-corrected chi connectivity index (χ0v) is 11.3. The first kappa shape index (κ1) is 13.0. The van der Waals surface area contributed by atoms with Gasteiger partial charge in [-0.05, 0) is 51.0 Å². The fourth-order valence-corrected chi connectivity index (χ4v) is 2.07. The zero-order chi connectivity index (χ0) is 12.1. The molecule has 0 spiro atoms. The van der Waals surface area contributed by atoms with E-state index in [1.54, 1.807) is 0 Å². The first-order valence-corrected chi connectivity index (χ1v) is 6.13. The first-order chi connectivity index (χ1) is 7.60. The van der Waals surface area contributed by atoms with Crippen molar-refractivity contribution in [2.75, 3.05) is 18.4 Å². The molecule has 0 unspecified atom stereocenters. The van der Waals surface area contributed by atoms with E-state index in [0.29, 0.717) is 0 Å². The highest BCUT2D eigenvalue weighted by Gasteiger charge is 2.08. The Labute approximate surface area is 104 Å². The monoisotopic (exact) mass is 236 g/mol. The van der Waals surface area contributed by atoms with Crippen LogP contribution in [0.3, 0.4) is 0 Å². The molecule has 16 heavy (non-hydrogen) atoms. The van der Waals surface area contributed by atoms with Crippen LogP contribution in [0, 0.1) is 13.8 Å². The lowest BCUT2D eigenvalue weighted by Crippen LogP contribution is -2.34. The molecule has 88 valence electrons. The van der Waals surface area contributed by atoms with E-state index in [-0.39, 0.29) is 0 Å². The van der Waals surface area contributed by atoms with E-state index in [0.717, 1.165) is 23.9 Å². The second kappa shape index (κ2) is 5.85. The summed E-state index contributed by atoms with van der Waals surface area (Å²) in [6, 6.07) is 6.26. The molecule has 1 aromatic carbocycles. The highest BCUT2D eigenvalue weighted by atomic mass is 32.1. The number of para-hydroxylation sites is 1.